The van der Waals surface area contributed by atoms with E-state index in [1.165, 1.54) is 0 Å². The minimum Gasteiger partial charge on any atom is -0.382 e. The molecule has 0 saturated carbocycles. The fourth-order valence-electron chi connectivity index (χ4n) is 1.63. The second-order valence-electron chi connectivity index (χ2n) is 4.49. The third kappa shape index (κ3) is 3.45. The Morgan fingerprint density at radius 3 is 2.47 bits per heavy atom. The molecule has 0 aliphatic rings. The molecule has 0 saturated heterocycles. The number of rotatable bonds is 5. The molecule has 3 N–H and O–H groups in total. The van der Waals surface area contributed by atoms with E-state index in [2.05, 4.69) is 15.1 Å². The minimum absolute atomic E-state index is 0.0764. The Morgan fingerprint density at radius 2 is 2.00 bits per heavy atom. The van der Waals surface area contributed by atoms with Crippen LogP contribution >= 0.6 is 0 Å². The number of aryl methyl sites for hydroxylation is 1. The summed E-state index contributed by atoms with van der Waals surface area (Å²) in [6.07, 6.45) is 0.937. The zero-order valence-corrected chi connectivity index (χ0v) is 10.9. The minimum atomic E-state index is -0.0764. The van der Waals surface area contributed by atoms with Crippen LogP contribution in [0.5, 0.6) is 0 Å². The van der Waals surface area contributed by atoms with Crippen molar-refractivity contribution in [2.45, 2.75) is 13.3 Å². The van der Waals surface area contributed by atoms with Gasteiger partial charge in [-0.05, 0) is 34.0 Å². The summed E-state index contributed by atoms with van der Waals surface area (Å²) in [7, 11) is 5.81. The lowest BCUT2D eigenvalue weighted by atomic mass is 10.2. The van der Waals surface area contributed by atoms with Gasteiger partial charge < -0.3 is 15.5 Å². The average Bonchev–Trinajstić information content (AvgIpc) is 2.57. The first-order valence-electron chi connectivity index (χ1n) is 5.64. The molecule has 0 atom stereocenters. The molecule has 0 aliphatic heterocycles. The number of carbonyl (C=O) groups excluding carboxylic acids is 1. The lowest BCUT2D eigenvalue weighted by Gasteiger charge is -2.18. The molecule has 0 aromatic carbocycles. The van der Waals surface area contributed by atoms with E-state index < -0.39 is 0 Å². The monoisotopic (exact) mass is 239 g/mol. The predicted octanol–water partition coefficient (Wildman–Crippen LogP) is 0.324. The van der Waals surface area contributed by atoms with Crippen LogP contribution in [0.1, 0.15) is 22.5 Å². The number of anilines is 1. The summed E-state index contributed by atoms with van der Waals surface area (Å²) in [6, 6.07) is 0. The molecule has 1 amide bonds. The maximum atomic E-state index is 12.1. The topological polar surface area (TPSA) is 78.2 Å². The largest absolute Gasteiger partial charge is 0.382 e. The SMILES string of the molecule is Cc1[nH]nc(N)c1C(=O)N(C)CCCN(C)C. The average molecular weight is 239 g/mol. The van der Waals surface area contributed by atoms with Gasteiger partial charge in [-0.25, -0.2) is 0 Å². The van der Waals surface area contributed by atoms with Gasteiger partial charge in [-0.15, -0.1) is 0 Å². The fraction of sp³-hybridized carbons (Fsp3) is 0.636. The smallest absolute Gasteiger partial charge is 0.259 e. The van der Waals surface area contributed by atoms with Crippen LogP contribution in [-0.4, -0.2) is 60.1 Å². The van der Waals surface area contributed by atoms with Gasteiger partial charge in [-0.3, -0.25) is 9.89 Å². The van der Waals surface area contributed by atoms with Crippen LogP contribution in [0.25, 0.3) is 0 Å². The maximum Gasteiger partial charge on any atom is 0.259 e. The number of nitrogens with one attached hydrogen (secondary N) is 1. The van der Waals surface area contributed by atoms with Gasteiger partial charge in [0.15, 0.2) is 5.82 Å². The van der Waals surface area contributed by atoms with Crippen molar-refractivity contribution in [3.05, 3.63) is 11.3 Å². The van der Waals surface area contributed by atoms with Crippen molar-refractivity contribution < 1.29 is 4.79 Å². The first kappa shape index (κ1) is 13.5. The molecule has 0 radical (unpaired) electrons. The Kier molecular flexibility index (Phi) is 4.51. The molecule has 0 bridgehead atoms. The molecule has 0 aliphatic carbocycles. The van der Waals surface area contributed by atoms with E-state index in [1.54, 1.807) is 18.9 Å². The molecular formula is C11H21N5O. The molecule has 6 heteroatoms. The van der Waals surface area contributed by atoms with Gasteiger partial charge in [0, 0.05) is 19.3 Å². The van der Waals surface area contributed by atoms with Crippen molar-refractivity contribution in [1.82, 2.24) is 20.0 Å². The number of hydrogen-bond donors (Lipinski definition) is 2. The lowest BCUT2D eigenvalue weighted by molar-refractivity contribution is 0.0791. The summed E-state index contributed by atoms with van der Waals surface area (Å²) in [5, 5.41) is 6.54. The molecule has 1 aromatic rings. The molecule has 0 fully saturated rings. The van der Waals surface area contributed by atoms with Crippen LogP contribution in [0, 0.1) is 6.92 Å². The van der Waals surface area contributed by atoms with Gasteiger partial charge in [0.25, 0.3) is 5.91 Å². The predicted molar refractivity (Wildman–Crippen MR) is 67.9 cm³/mol. The second-order valence-corrected chi connectivity index (χ2v) is 4.49. The van der Waals surface area contributed by atoms with E-state index in [4.69, 9.17) is 5.73 Å². The summed E-state index contributed by atoms with van der Waals surface area (Å²) in [4.78, 5) is 15.9. The summed E-state index contributed by atoms with van der Waals surface area (Å²) in [6.45, 7) is 3.46. The van der Waals surface area contributed by atoms with Crippen molar-refractivity contribution in [3.8, 4) is 0 Å². The van der Waals surface area contributed by atoms with Crippen molar-refractivity contribution in [2.75, 3.05) is 40.0 Å². The number of amides is 1. The molecule has 6 nitrogen and oxygen atoms in total. The number of aromatic amines is 1. The normalized spacial score (nSPS) is 10.9. The number of carbonyl (C=O) groups is 1. The Bertz CT molecular complexity index is 366. The van der Waals surface area contributed by atoms with E-state index in [0.717, 1.165) is 13.0 Å². The Balaban J connectivity index is 2.58. The summed E-state index contributed by atoms with van der Waals surface area (Å²) in [5.74, 6) is 0.194. The lowest BCUT2D eigenvalue weighted by Crippen LogP contribution is -2.30. The summed E-state index contributed by atoms with van der Waals surface area (Å²) in [5.41, 5.74) is 6.86. The van der Waals surface area contributed by atoms with Crippen LogP contribution in [0.15, 0.2) is 0 Å². The molecule has 17 heavy (non-hydrogen) atoms. The van der Waals surface area contributed by atoms with Crippen molar-refractivity contribution in [1.29, 1.82) is 0 Å². The number of nitrogens with zero attached hydrogens (tertiary/aromatic N) is 3. The maximum absolute atomic E-state index is 12.1. The first-order valence-corrected chi connectivity index (χ1v) is 5.64. The van der Waals surface area contributed by atoms with Gasteiger partial charge in [0.05, 0.1) is 0 Å². The molecule has 0 unspecified atom stereocenters. The fourth-order valence-corrected chi connectivity index (χ4v) is 1.63. The van der Waals surface area contributed by atoms with E-state index in [-0.39, 0.29) is 11.7 Å². The highest BCUT2D eigenvalue weighted by atomic mass is 16.2. The third-order valence-corrected chi connectivity index (χ3v) is 2.63. The van der Waals surface area contributed by atoms with Crippen LogP contribution in [0.3, 0.4) is 0 Å². The molecule has 0 spiro atoms. The molecule has 1 rings (SSSR count). The molecule has 1 aromatic heterocycles. The van der Waals surface area contributed by atoms with Crippen LogP contribution in [0.4, 0.5) is 5.82 Å². The van der Waals surface area contributed by atoms with Crippen LogP contribution in [0.2, 0.25) is 0 Å². The summed E-state index contributed by atoms with van der Waals surface area (Å²) < 4.78 is 0. The Labute approximate surface area is 102 Å². The van der Waals surface area contributed by atoms with Crippen molar-refractivity contribution in [3.63, 3.8) is 0 Å². The Hall–Kier alpha value is -1.56. The number of nitrogens with two attached hydrogens (primary N) is 1. The quantitative estimate of drug-likeness (QED) is 0.776. The van der Waals surface area contributed by atoms with Gasteiger partial charge in [-0.2, -0.15) is 5.10 Å². The van der Waals surface area contributed by atoms with Gasteiger partial charge >= 0.3 is 0 Å². The van der Waals surface area contributed by atoms with Crippen LogP contribution in [-0.2, 0) is 0 Å². The van der Waals surface area contributed by atoms with E-state index in [9.17, 15) is 4.79 Å². The zero-order chi connectivity index (χ0) is 13.0. The highest BCUT2D eigenvalue weighted by Crippen LogP contribution is 2.14. The molecule has 96 valence electrons. The van der Waals surface area contributed by atoms with Crippen LogP contribution < -0.4 is 5.73 Å². The van der Waals surface area contributed by atoms with Crippen molar-refractivity contribution in [2.24, 2.45) is 0 Å². The Morgan fingerprint density at radius 1 is 1.35 bits per heavy atom. The number of hydrogen-bond acceptors (Lipinski definition) is 4. The zero-order valence-electron chi connectivity index (χ0n) is 10.9. The number of H-pyrrole nitrogens is 1. The van der Waals surface area contributed by atoms with E-state index >= 15 is 0 Å². The first-order chi connectivity index (χ1) is 7.93. The number of nitrogen functional groups attached to an aromatic ring is 1. The van der Waals surface area contributed by atoms with Crippen molar-refractivity contribution >= 4 is 11.7 Å². The highest BCUT2D eigenvalue weighted by molar-refractivity contribution is 5.99. The summed E-state index contributed by atoms with van der Waals surface area (Å²) >= 11 is 0. The van der Waals surface area contributed by atoms with Gasteiger partial charge in [0.2, 0.25) is 0 Å². The molecular weight excluding hydrogens is 218 g/mol. The van der Waals surface area contributed by atoms with E-state index in [1.807, 2.05) is 14.1 Å². The third-order valence-electron chi connectivity index (χ3n) is 2.63. The highest BCUT2D eigenvalue weighted by Gasteiger charge is 2.19. The van der Waals surface area contributed by atoms with Gasteiger partial charge in [0.1, 0.15) is 5.56 Å². The molecule has 1 heterocycles. The standard InChI is InChI=1S/C11H21N5O/c1-8-9(10(12)14-13-8)11(17)16(4)7-5-6-15(2)3/h5-7H2,1-4H3,(H3,12,13,14). The second kappa shape index (κ2) is 5.67. The van der Waals surface area contributed by atoms with E-state index in [0.29, 0.717) is 17.8 Å². The van der Waals surface area contributed by atoms with Gasteiger partial charge in [-0.1, -0.05) is 0 Å². The number of aromatic nitrogens is 2.